The molecule has 1 saturated heterocycles. The van der Waals surface area contributed by atoms with Crippen LogP contribution in [0.4, 0.5) is 0 Å². The first-order chi connectivity index (χ1) is 7.77. The summed E-state index contributed by atoms with van der Waals surface area (Å²) in [5.41, 5.74) is 0.654. The van der Waals surface area contributed by atoms with E-state index in [1.807, 2.05) is 18.2 Å². The summed E-state index contributed by atoms with van der Waals surface area (Å²) in [7, 11) is 0. The highest BCUT2D eigenvalue weighted by molar-refractivity contribution is 5.96. The molecule has 0 aliphatic carbocycles. The molecular formula is C13H16O3. The summed E-state index contributed by atoms with van der Waals surface area (Å²) in [6.07, 6.45) is 1.04. The van der Waals surface area contributed by atoms with Crippen LogP contribution in [0.15, 0.2) is 24.3 Å². The van der Waals surface area contributed by atoms with Gasteiger partial charge in [-0.25, -0.2) is 0 Å². The molecule has 1 atom stereocenters. The predicted octanol–water partition coefficient (Wildman–Crippen LogP) is 2.30. The molecule has 1 aliphatic heterocycles. The summed E-state index contributed by atoms with van der Waals surface area (Å²) < 4.78 is 11.0. The Labute approximate surface area is 95.4 Å². The van der Waals surface area contributed by atoms with Crippen molar-refractivity contribution in [2.45, 2.75) is 13.3 Å². The summed E-state index contributed by atoms with van der Waals surface area (Å²) in [4.78, 5) is 11.4. The Morgan fingerprint density at radius 3 is 3.00 bits per heavy atom. The molecule has 0 bridgehead atoms. The second-order valence-electron chi connectivity index (χ2n) is 4.09. The molecular weight excluding hydrogens is 204 g/mol. The molecule has 1 aromatic carbocycles. The Hall–Kier alpha value is -1.35. The fraction of sp³-hybridized carbons (Fsp3) is 0.462. The molecule has 1 aliphatic rings. The lowest BCUT2D eigenvalue weighted by atomic mass is 10.1. The average molecular weight is 220 g/mol. The molecule has 1 unspecified atom stereocenters. The van der Waals surface area contributed by atoms with E-state index in [0.29, 0.717) is 23.8 Å². The minimum absolute atomic E-state index is 0.0401. The number of rotatable bonds is 4. The number of para-hydroxylation sites is 1. The molecule has 0 aromatic heterocycles. The van der Waals surface area contributed by atoms with Crippen LogP contribution in [-0.2, 0) is 4.74 Å². The number of Topliss-reactive ketones (excluding diaryl/α,β-unsaturated/α-hetero) is 1. The third-order valence-corrected chi connectivity index (χ3v) is 2.76. The lowest BCUT2D eigenvalue weighted by Gasteiger charge is -2.12. The number of carbonyl (C=O) groups is 1. The molecule has 16 heavy (non-hydrogen) atoms. The van der Waals surface area contributed by atoms with E-state index in [-0.39, 0.29) is 5.78 Å². The lowest BCUT2D eigenvalue weighted by molar-refractivity contribution is 0.101. The van der Waals surface area contributed by atoms with Gasteiger partial charge in [-0.1, -0.05) is 12.1 Å². The second kappa shape index (κ2) is 5.12. The van der Waals surface area contributed by atoms with Gasteiger partial charge in [-0.15, -0.1) is 0 Å². The van der Waals surface area contributed by atoms with Gasteiger partial charge in [-0.3, -0.25) is 4.79 Å². The van der Waals surface area contributed by atoms with Gasteiger partial charge in [-0.05, 0) is 25.5 Å². The summed E-state index contributed by atoms with van der Waals surface area (Å²) in [5, 5.41) is 0. The van der Waals surface area contributed by atoms with E-state index in [0.717, 1.165) is 19.6 Å². The van der Waals surface area contributed by atoms with Crippen molar-refractivity contribution in [3.8, 4) is 5.75 Å². The second-order valence-corrected chi connectivity index (χ2v) is 4.09. The van der Waals surface area contributed by atoms with Crippen LogP contribution in [0.25, 0.3) is 0 Å². The topological polar surface area (TPSA) is 35.5 Å². The molecule has 0 amide bonds. The summed E-state index contributed by atoms with van der Waals surface area (Å²) >= 11 is 0. The molecule has 0 radical (unpaired) electrons. The van der Waals surface area contributed by atoms with Gasteiger partial charge in [0.25, 0.3) is 0 Å². The van der Waals surface area contributed by atoms with Crippen molar-refractivity contribution in [2.24, 2.45) is 5.92 Å². The molecule has 0 spiro atoms. The highest BCUT2D eigenvalue weighted by Crippen LogP contribution is 2.21. The fourth-order valence-electron chi connectivity index (χ4n) is 1.81. The zero-order valence-corrected chi connectivity index (χ0v) is 9.44. The van der Waals surface area contributed by atoms with Gasteiger partial charge in [-0.2, -0.15) is 0 Å². The van der Waals surface area contributed by atoms with Crippen molar-refractivity contribution < 1.29 is 14.3 Å². The summed E-state index contributed by atoms with van der Waals surface area (Å²) in [6, 6.07) is 7.37. The van der Waals surface area contributed by atoms with Crippen LogP contribution in [0.1, 0.15) is 23.7 Å². The first-order valence-corrected chi connectivity index (χ1v) is 5.58. The third-order valence-electron chi connectivity index (χ3n) is 2.76. The van der Waals surface area contributed by atoms with Gasteiger partial charge in [0, 0.05) is 12.5 Å². The average Bonchev–Trinajstić information content (AvgIpc) is 2.79. The molecule has 3 nitrogen and oxygen atoms in total. The molecule has 1 fully saturated rings. The zero-order chi connectivity index (χ0) is 11.4. The molecule has 3 heteroatoms. The maximum Gasteiger partial charge on any atom is 0.163 e. The van der Waals surface area contributed by atoms with Crippen molar-refractivity contribution in [3.05, 3.63) is 29.8 Å². The normalized spacial score (nSPS) is 19.7. The van der Waals surface area contributed by atoms with E-state index in [4.69, 9.17) is 9.47 Å². The molecule has 1 heterocycles. The van der Waals surface area contributed by atoms with Crippen molar-refractivity contribution in [1.82, 2.24) is 0 Å². The SMILES string of the molecule is CC(=O)c1ccccc1OCC1CCOC1. The minimum atomic E-state index is 0.0401. The summed E-state index contributed by atoms with van der Waals surface area (Å²) in [5.74, 6) is 1.18. The molecule has 86 valence electrons. The van der Waals surface area contributed by atoms with Crippen molar-refractivity contribution in [3.63, 3.8) is 0 Å². The van der Waals surface area contributed by atoms with E-state index in [1.54, 1.807) is 13.0 Å². The van der Waals surface area contributed by atoms with Gasteiger partial charge in [0.05, 0.1) is 18.8 Å². The first kappa shape index (κ1) is 11.1. The number of hydrogen-bond donors (Lipinski definition) is 0. The monoisotopic (exact) mass is 220 g/mol. The Morgan fingerprint density at radius 1 is 1.50 bits per heavy atom. The van der Waals surface area contributed by atoms with E-state index >= 15 is 0 Å². The summed E-state index contributed by atoms with van der Waals surface area (Å²) in [6.45, 7) is 3.77. The quantitative estimate of drug-likeness (QED) is 0.730. The van der Waals surface area contributed by atoms with Crippen molar-refractivity contribution >= 4 is 5.78 Å². The maximum absolute atomic E-state index is 11.4. The van der Waals surface area contributed by atoms with Crippen LogP contribution in [0.3, 0.4) is 0 Å². The Morgan fingerprint density at radius 2 is 2.31 bits per heavy atom. The Balaban J connectivity index is 2.00. The van der Waals surface area contributed by atoms with Crippen LogP contribution in [-0.4, -0.2) is 25.6 Å². The van der Waals surface area contributed by atoms with Crippen LogP contribution in [0.2, 0.25) is 0 Å². The Kier molecular flexibility index (Phi) is 3.57. The lowest BCUT2D eigenvalue weighted by Crippen LogP contribution is -2.13. The number of carbonyl (C=O) groups excluding carboxylic acids is 1. The van der Waals surface area contributed by atoms with E-state index in [1.165, 1.54) is 0 Å². The van der Waals surface area contributed by atoms with Gasteiger partial charge in [0.1, 0.15) is 5.75 Å². The smallest absolute Gasteiger partial charge is 0.163 e. The molecule has 0 N–H and O–H groups in total. The standard InChI is InChI=1S/C13H16O3/c1-10(14)12-4-2-3-5-13(12)16-9-11-6-7-15-8-11/h2-5,11H,6-9H2,1H3. The van der Waals surface area contributed by atoms with Gasteiger partial charge in [0.2, 0.25) is 0 Å². The van der Waals surface area contributed by atoms with Gasteiger partial charge in [0.15, 0.2) is 5.78 Å². The molecule has 1 aromatic rings. The van der Waals surface area contributed by atoms with E-state index in [9.17, 15) is 4.79 Å². The first-order valence-electron chi connectivity index (χ1n) is 5.58. The minimum Gasteiger partial charge on any atom is -0.492 e. The fourth-order valence-corrected chi connectivity index (χ4v) is 1.81. The number of ether oxygens (including phenoxy) is 2. The van der Waals surface area contributed by atoms with E-state index < -0.39 is 0 Å². The zero-order valence-electron chi connectivity index (χ0n) is 9.44. The van der Waals surface area contributed by atoms with Crippen LogP contribution >= 0.6 is 0 Å². The Bertz CT molecular complexity index is 367. The molecule has 0 saturated carbocycles. The van der Waals surface area contributed by atoms with E-state index in [2.05, 4.69) is 0 Å². The molecule has 2 rings (SSSR count). The van der Waals surface area contributed by atoms with Crippen molar-refractivity contribution in [1.29, 1.82) is 0 Å². The van der Waals surface area contributed by atoms with Crippen LogP contribution < -0.4 is 4.74 Å². The number of benzene rings is 1. The maximum atomic E-state index is 11.4. The predicted molar refractivity (Wildman–Crippen MR) is 60.9 cm³/mol. The number of hydrogen-bond acceptors (Lipinski definition) is 3. The largest absolute Gasteiger partial charge is 0.492 e. The van der Waals surface area contributed by atoms with Crippen LogP contribution in [0, 0.1) is 5.92 Å². The third kappa shape index (κ3) is 2.61. The number of ketones is 1. The van der Waals surface area contributed by atoms with Gasteiger partial charge < -0.3 is 9.47 Å². The van der Waals surface area contributed by atoms with Crippen LogP contribution in [0.5, 0.6) is 5.75 Å². The highest BCUT2D eigenvalue weighted by Gasteiger charge is 2.17. The van der Waals surface area contributed by atoms with Gasteiger partial charge >= 0.3 is 0 Å². The van der Waals surface area contributed by atoms with Crippen molar-refractivity contribution in [2.75, 3.05) is 19.8 Å². The highest BCUT2D eigenvalue weighted by atomic mass is 16.5.